The first-order chi connectivity index (χ1) is 33.6. The summed E-state index contributed by atoms with van der Waals surface area (Å²) in [5.41, 5.74) is 4.66. The van der Waals surface area contributed by atoms with Crippen molar-refractivity contribution in [2.75, 3.05) is 0 Å². The zero-order chi connectivity index (χ0) is 44.0. The number of hydrogen-bond donors (Lipinski definition) is 0. The standard InChI is InChI=1S/C62H28N4O2/c67-61-47-27-23-39-35-19-18-34-38-22-26-46-54-48(62(68)66-58-44-16-8-4-12-32(44)30-10-2-6-14-42(30)56(58)64-60(46)66)28-24-40(52(38)54)36-20-17-33(49(35)50(34)36)37-21-25-45(53(47)51(37)39)59-63-55-41-13-5-1-9-29(41)31-11-3-7-15-43(31)57(55)65(59)61/h1-28H. The lowest BCUT2D eigenvalue weighted by Gasteiger charge is -2.21. The van der Waals surface area contributed by atoms with Crippen molar-refractivity contribution in [1.29, 1.82) is 0 Å². The second-order valence-corrected chi connectivity index (χ2v) is 18.9. The molecule has 0 aliphatic carbocycles. The SMILES string of the molecule is O=c1c2ccc3c4ccc5c6ccc7c8c(ccc(c9ccc(c%10ccc(c2c3%10)c2nc3c%10ccccc%10c%10ccccc%10c3n12)c4c95)c68)c(=O)n1c7nc2c3ccccc3c3ccccc3c21. The van der Waals surface area contributed by atoms with Gasteiger partial charge < -0.3 is 0 Å². The van der Waals surface area contributed by atoms with Gasteiger partial charge in [0.15, 0.2) is 0 Å². The highest BCUT2D eigenvalue weighted by Gasteiger charge is 2.27. The predicted molar refractivity (Wildman–Crippen MR) is 284 cm³/mol. The lowest BCUT2D eigenvalue weighted by Crippen LogP contribution is -2.13. The minimum atomic E-state index is -0.0532. The summed E-state index contributed by atoms with van der Waals surface area (Å²) in [6.07, 6.45) is 0. The normalized spacial score (nSPS) is 13.1. The Morgan fingerprint density at radius 1 is 0.235 bits per heavy atom. The molecule has 6 nitrogen and oxygen atoms in total. The van der Waals surface area contributed by atoms with Crippen LogP contribution in [-0.4, -0.2) is 18.8 Å². The van der Waals surface area contributed by atoms with Gasteiger partial charge in [-0.2, -0.15) is 0 Å². The zero-order valence-electron chi connectivity index (χ0n) is 35.8. The van der Waals surface area contributed by atoms with Gasteiger partial charge in [0.05, 0.1) is 22.1 Å². The Morgan fingerprint density at radius 3 is 0.794 bits per heavy atom. The van der Waals surface area contributed by atoms with Crippen LogP contribution in [-0.2, 0) is 0 Å². The molecule has 6 heteroatoms. The van der Waals surface area contributed by atoms with Crippen LogP contribution in [0.15, 0.2) is 179 Å². The summed E-state index contributed by atoms with van der Waals surface area (Å²) in [5.74, 6) is 0. The fraction of sp³-hybridized carbons (Fsp3) is 0. The number of nitrogens with zero attached hydrogens (tertiary/aromatic N) is 4. The first kappa shape index (κ1) is 34.1. The lowest BCUT2D eigenvalue weighted by atomic mass is 9.82. The van der Waals surface area contributed by atoms with Gasteiger partial charge in [0.25, 0.3) is 11.1 Å². The van der Waals surface area contributed by atoms with Crippen LogP contribution in [0.4, 0.5) is 0 Å². The molecule has 0 fully saturated rings. The van der Waals surface area contributed by atoms with E-state index in [1.807, 2.05) is 33.1 Å². The molecule has 0 amide bonds. The topological polar surface area (TPSA) is 68.7 Å². The second-order valence-electron chi connectivity index (χ2n) is 18.9. The first-order valence-electron chi connectivity index (χ1n) is 23.2. The number of hydrogen-bond acceptors (Lipinski definition) is 4. The van der Waals surface area contributed by atoms with Crippen molar-refractivity contribution in [2.45, 2.75) is 0 Å². The molecule has 18 rings (SSSR count). The third kappa shape index (κ3) is 3.62. The van der Waals surface area contributed by atoms with Crippen molar-refractivity contribution in [3.05, 3.63) is 191 Å². The number of pyridine rings is 2. The van der Waals surface area contributed by atoms with Crippen LogP contribution in [0.1, 0.15) is 0 Å². The van der Waals surface area contributed by atoms with E-state index in [0.717, 1.165) is 141 Å². The molecule has 0 unspecified atom stereocenters. The summed E-state index contributed by atoms with van der Waals surface area (Å²) < 4.78 is 3.74. The van der Waals surface area contributed by atoms with Crippen molar-refractivity contribution in [1.82, 2.24) is 18.8 Å². The Balaban J connectivity index is 0.961. The molecule has 0 atom stereocenters. The van der Waals surface area contributed by atoms with Crippen molar-refractivity contribution < 1.29 is 0 Å². The zero-order valence-corrected chi connectivity index (χ0v) is 35.8. The maximum Gasteiger partial charge on any atom is 0.264 e. The molecule has 68 heavy (non-hydrogen) atoms. The first-order valence-corrected chi connectivity index (χ1v) is 23.2. The molecule has 4 aromatic heterocycles. The number of benzene rings is 14. The summed E-state index contributed by atoms with van der Waals surface area (Å²) in [5, 5.41) is 27.5. The largest absolute Gasteiger partial charge is 0.268 e. The van der Waals surface area contributed by atoms with Gasteiger partial charge in [-0.1, -0.05) is 146 Å². The molecule has 0 saturated carbocycles. The Kier molecular flexibility index (Phi) is 5.63. The van der Waals surface area contributed by atoms with Crippen LogP contribution in [0.2, 0.25) is 0 Å². The van der Waals surface area contributed by atoms with Crippen LogP contribution in [0, 0.1) is 0 Å². The van der Waals surface area contributed by atoms with E-state index in [1.165, 1.54) is 10.8 Å². The minimum absolute atomic E-state index is 0.0532. The molecule has 0 radical (unpaired) electrons. The van der Waals surface area contributed by atoms with Crippen LogP contribution < -0.4 is 11.1 Å². The van der Waals surface area contributed by atoms with Crippen LogP contribution in [0.5, 0.6) is 0 Å². The Hall–Kier alpha value is -9.26. The van der Waals surface area contributed by atoms with Gasteiger partial charge in [0.2, 0.25) is 0 Å². The van der Waals surface area contributed by atoms with Crippen LogP contribution >= 0.6 is 0 Å². The smallest absolute Gasteiger partial charge is 0.264 e. The van der Waals surface area contributed by atoms with Gasteiger partial charge in [-0.15, -0.1) is 0 Å². The van der Waals surface area contributed by atoms with E-state index < -0.39 is 0 Å². The van der Waals surface area contributed by atoms with Gasteiger partial charge in [0, 0.05) is 53.9 Å². The van der Waals surface area contributed by atoms with Gasteiger partial charge in [-0.3, -0.25) is 18.4 Å². The summed E-state index contributed by atoms with van der Waals surface area (Å²) in [4.78, 5) is 40.9. The monoisotopic (exact) mass is 860 g/mol. The minimum Gasteiger partial charge on any atom is -0.268 e. The van der Waals surface area contributed by atoms with Crippen LogP contribution in [0.3, 0.4) is 0 Å². The Bertz CT molecular complexity index is 5140. The predicted octanol–water partition coefficient (Wildman–Crippen LogP) is 14.8. The van der Waals surface area contributed by atoms with Gasteiger partial charge in [-0.25, -0.2) is 9.97 Å². The molecule has 14 aromatic carbocycles. The molecule has 0 aliphatic rings. The van der Waals surface area contributed by atoms with E-state index in [2.05, 4.69) is 146 Å². The van der Waals surface area contributed by atoms with E-state index >= 15 is 9.59 Å². The highest BCUT2D eigenvalue weighted by molar-refractivity contribution is 6.45. The summed E-state index contributed by atoms with van der Waals surface area (Å²) >= 11 is 0. The maximum atomic E-state index is 15.1. The molecule has 0 bridgehead atoms. The van der Waals surface area contributed by atoms with E-state index in [9.17, 15) is 0 Å². The van der Waals surface area contributed by atoms with Crippen molar-refractivity contribution in [3.8, 4) is 0 Å². The summed E-state index contributed by atoms with van der Waals surface area (Å²) in [6.45, 7) is 0. The van der Waals surface area contributed by atoms with Crippen molar-refractivity contribution in [3.63, 3.8) is 0 Å². The highest BCUT2D eigenvalue weighted by atomic mass is 16.1. The molecule has 0 spiro atoms. The third-order valence-electron chi connectivity index (χ3n) is 16.1. The number of fused-ring (bicyclic) bond motifs is 22. The number of imidazole rings is 2. The van der Waals surface area contributed by atoms with E-state index in [4.69, 9.17) is 9.97 Å². The quantitative estimate of drug-likeness (QED) is 0.112. The van der Waals surface area contributed by atoms with Crippen molar-refractivity contribution >= 4 is 173 Å². The van der Waals surface area contributed by atoms with Gasteiger partial charge >= 0.3 is 0 Å². The lowest BCUT2D eigenvalue weighted by molar-refractivity contribution is 1.19. The van der Waals surface area contributed by atoms with E-state index in [-0.39, 0.29) is 11.1 Å². The second kappa shape index (κ2) is 11.2. The third-order valence-corrected chi connectivity index (χ3v) is 16.1. The fourth-order valence-corrected chi connectivity index (χ4v) is 13.4. The molecule has 308 valence electrons. The highest BCUT2D eigenvalue weighted by Crippen LogP contribution is 2.50. The van der Waals surface area contributed by atoms with Crippen molar-refractivity contribution in [2.24, 2.45) is 0 Å². The molecular weight excluding hydrogens is 833 g/mol. The average Bonchev–Trinajstić information content (AvgIpc) is 4.01. The van der Waals surface area contributed by atoms with Crippen LogP contribution in [0.25, 0.3) is 173 Å². The molecule has 18 aromatic rings. The fourth-order valence-electron chi connectivity index (χ4n) is 13.4. The number of aromatic nitrogens is 4. The molecule has 4 heterocycles. The average molecular weight is 861 g/mol. The Labute approximate surface area is 381 Å². The molecule has 0 N–H and O–H groups in total. The van der Waals surface area contributed by atoms with Gasteiger partial charge in [-0.05, 0) is 110 Å². The molecular formula is C62H28N4O2. The van der Waals surface area contributed by atoms with E-state index in [1.54, 1.807) is 0 Å². The number of rotatable bonds is 0. The maximum absolute atomic E-state index is 15.1. The Morgan fingerprint density at radius 2 is 0.471 bits per heavy atom. The molecule has 0 aliphatic heterocycles. The van der Waals surface area contributed by atoms with E-state index in [0.29, 0.717) is 22.1 Å². The molecule has 0 saturated heterocycles. The summed E-state index contributed by atoms with van der Waals surface area (Å²) in [6, 6.07) is 59.9. The van der Waals surface area contributed by atoms with Gasteiger partial charge in [0.1, 0.15) is 11.3 Å². The summed E-state index contributed by atoms with van der Waals surface area (Å²) in [7, 11) is 0.